The molecule has 1 fully saturated rings. The van der Waals surface area contributed by atoms with Crippen molar-refractivity contribution < 1.29 is 14.3 Å². The van der Waals surface area contributed by atoms with Gasteiger partial charge in [0.2, 0.25) is 0 Å². The maximum absolute atomic E-state index is 11.3. The standard InChI is InChI=1S/C13H14O3/c1-15-9-4-2-8-3-5-12-11(10(8)6-9)7-13(14)16-12/h2,4,6,11-12H,3,5,7H2,1H3. The molecule has 1 saturated heterocycles. The number of carbonyl (C=O) groups excluding carboxylic acids is 1. The molecule has 16 heavy (non-hydrogen) atoms. The van der Waals surface area contributed by atoms with E-state index in [0.29, 0.717) is 6.42 Å². The zero-order valence-electron chi connectivity index (χ0n) is 9.23. The molecule has 2 unspecified atom stereocenters. The monoisotopic (exact) mass is 218 g/mol. The van der Waals surface area contributed by atoms with Gasteiger partial charge in [0.05, 0.1) is 13.5 Å². The summed E-state index contributed by atoms with van der Waals surface area (Å²) in [6, 6.07) is 6.14. The van der Waals surface area contributed by atoms with E-state index < -0.39 is 0 Å². The Balaban J connectivity index is 2.03. The second-order valence-corrected chi connectivity index (χ2v) is 4.44. The molecule has 0 bridgehead atoms. The van der Waals surface area contributed by atoms with Crippen LogP contribution in [0.4, 0.5) is 0 Å². The highest BCUT2D eigenvalue weighted by Gasteiger charge is 2.39. The van der Waals surface area contributed by atoms with E-state index >= 15 is 0 Å². The normalized spacial score (nSPS) is 26.9. The van der Waals surface area contributed by atoms with Crippen LogP contribution in [0.15, 0.2) is 18.2 Å². The maximum Gasteiger partial charge on any atom is 0.306 e. The van der Waals surface area contributed by atoms with Crippen LogP contribution in [0.1, 0.15) is 29.9 Å². The number of ether oxygens (including phenoxy) is 2. The first-order chi connectivity index (χ1) is 7.78. The first kappa shape index (κ1) is 9.70. The van der Waals surface area contributed by atoms with Gasteiger partial charge in [-0.15, -0.1) is 0 Å². The summed E-state index contributed by atoms with van der Waals surface area (Å²) in [4.78, 5) is 11.3. The van der Waals surface area contributed by atoms with E-state index in [1.54, 1.807) is 7.11 Å². The Morgan fingerprint density at radius 1 is 1.44 bits per heavy atom. The molecule has 0 amide bonds. The van der Waals surface area contributed by atoms with Crippen LogP contribution in [0.25, 0.3) is 0 Å². The van der Waals surface area contributed by atoms with Crippen LogP contribution in [0.2, 0.25) is 0 Å². The van der Waals surface area contributed by atoms with Gasteiger partial charge in [-0.25, -0.2) is 0 Å². The van der Waals surface area contributed by atoms with Crippen molar-refractivity contribution in [2.75, 3.05) is 7.11 Å². The highest BCUT2D eigenvalue weighted by molar-refractivity contribution is 5.74. The van der Waals surface area contributed by atoms with Gasteiger partial charge < -0.3 is 9.47 Å². The average molecular weight is 218 g/mol. The van der Waals surface area contributed by atoms with Gasteiger partial charge in [0, 0.05) is 5.92 Å². The number of aryl methyl sites for hydroxylation is 1. The number of hydrogen-bond acceptors (Lipinski definition) is 3. The molecule has 2 aliphatic rings. The molecule has 0 aromatic heterocycles. The molecule has 3 heteroatoms. The quantitative estimate of drug-likeness (QED) is 0.677. The van der Waals surface area contributed by atoms with Crippen molar-refractivity contribution in [1.29, 1.82) is 0 Å². The molecule has 0 saturated carbocycles. The summed E-state index contributed by atoms with van der Waals surface area (Å²) in [6.07, 6.45) is 2.56. The Labute approximate surface area is 94.4 Å². The van der Waals surface area contributed by atoms with Crippen molar-refractivity contribution in [2.24, 2.45) is 0 Å². The first-order valence-electron chi connectivity index (χ1n) is 5.64. The SMILES string of the molecule is COc1ccc2c(c1)C1CC(=O)OC1CC2. The van der Waals surface area contributed by atoms with Gasteiger partial charge in [0.25, 0.3) is 0 Å². The number of esters is 1. The molecular weight excluding hydrogens is 204 g/mol. The van der Waals surface area contributed by atoms with E-state index in [0.717, 1.165) is 18.6 Å². The summed E-state index contributed by atoms with van der Waals surface area (Å²) in [5.74, 6) is 1.04. The largest absolute Gasteiger partial charge is 0.497 e. The third-order valence-corrected chi connectivity index (χ3v) is 3.57. The Morgan fingerprint density at radius 2 is 2.31 bits per heavy atom. The molecule has 1 aliphatic heterocycles. The zero-order valence-corrected chi connectivity index (χ0v) is 9.23. The lowest BCUT2D eigenvalue weighted by molar-refractivity contribution is -0.141. The number of methoxy groups -OCH3 is 1. The lowest BCUT2D eigenvalue weighted by Gasteiger charge is -2.26. The molecule has 0 spiro atoms. The summed E-state index contributed by atoms with van der Waals surface area (Å²) in [7, 11) is 1.67. The first-order valence-corrected chi connectivity index (χ1v) is 5.64. The summed E-state index contributed by atoms with van der Waals surface area (Å²) in [5, 5.41) is 0. The number of fused-ring (bicyclic) bond motifs is 3. The van der Waals surface area contributed by atoms with E-state index in [2.05, 4.69) is 6.07 Å². The van der Waals surface area contributed by atoms with Crippen LogP contribution >= 0.6 is 0 Å². The fraction of sp³-hybridized carbons (Fsp3) is 0.462. The van der Waals surface area contributed by atoms with Gasteiger partial charge in [-0.05, 0) is 36.1 Å². The van der Waals surface area contributed by atoms with E-state index in [1.807, 2.05) is 12.1 Å². The zero-order chi connectivity index (χ0) is 11.1. The second-order valence-electron chi connectivity index (χ2n) is 4.44. The van der Waals surface area contributed by atoms with Crippen molar-refractivity contribution >= 4 is 5.97 Å². The van der Waals surface area contributed by atoms with Crippen LogP contribution in [-0.4, -0.2) is 19.2 Å². The van der Waals surface area contributed by atoms with Crippen LogP contribution in [0, 0.1) is 0 Å². The number of carbonyl (C=O) groups is 1. The molecule has 1 aromatic rings. The number of benzene rings is 1. The topological polar surface area (TPSA) is 35.5 Å². The predicted octanol–water partition coefficient (Wildman–Crippen LogP) is 2.04. The molecule has 3 rings (SSSR count). The van der Waals surface area contributed by atoms with Crippen molar-refractivity contribution in [3.8, 4) is 5.75 Å². The van der Waals surface area contributed by atoms with Gasteiger partial charge >= 0.3 is 5.97 Å². The minimum absolute atomic E-state index is 0.0642. The smallest absolute Gasteiger partial charge is 0.306 e. The van der Waals surface area contributed by atoms with Crippen molar-refractivity contribution in [1.82, 2.24) is 0 Å². The lowest BCUT2D eigenvalue weighted by atomic mass is 9.80. The second kappa shape index (κ2) is 3.51. The lowest BCUT2D eigenvalue weighted by Crippen LogP contribution is -2.21. The van der Waals surface area contributed by atoms with Crippen molar-refractivity contribution in [3.63, 3.8) is 0 Å². The molecule has 1 aromatic carbocycles. The minimum atomic E-state index is -0.0642. The highest BCUT2D eigenvalue weighted by Crippen LogP contribution is 2.41. The number of hydrogen-bond donors (Lipinski definition) is 0. The molecule has 3 nitrogen and oxygen atoms in total. The Hall–Kier alpha value is -1.51. The minimum Gasteiger partial charge on any atom is -0.497 e. The Bertz CT molecular complexity index is 439. The third-order valence-electron chi connectivity index (χ3n) is 3.57. The fourth-order valence-corrected chi connectivity index (χ4v) is 2.75. The van der Waals surface area contributed by atoms with E-state index in [-0.39, 0.29) is 18.0 Å². The Morgan fingerprint density at radius 3 is 3.12 bits per heavy atom. The molecular formula is C13H14O3. The van der Waals surface area contributed by atoms with Crippen LogP contribution < -0.4 is 4.74 Å². The van der Waals surface area contributed by atoms with E-state index in [4.69, 9.17) is 9.47 Å². The molecule has 1 heterocycles. The Kier molecular flexibility index (Phi) is 2.13. The van der Waals surface area contributed by atoms with E-state index in [1.165, 1.54) is 11.1 Å². The fourth-order valence-electron chi connectivity index (χ4n) is 2.75. The molecule has 0 radical (unpaired) electrons. The van der Waals surface area contributed by atoms with Gasteiger partial charge in [-0.1, -0.05) is 6.07 Å². The predicted molar refractivity (Wildman–Crippen MR) is 58.6 cm³/mol. The summed E-state index contributed by atoms with van der Waals surface area (Å²) in [6.45, 7) is 0. The van der Waals surface area contributed by atoms with Gasteiger partial charge in [-0.2, -0.15) is 0 Å². The third kappa shape index (κ3) is 1.39. The molecule has 1 aliphatic carbocycles. The molecule has 0 N–H and O–H groups in total. The number of rotatable bonds is 1. The summed E-state index contributed by atoms with van der Waals surface area (Å²) in [5.41, 5.74) is 2.57. The summed E-state index contributed by atoms with van der Waals surface area (Å²) < 4.78 is 10.5. The van der Waals surface area contributed by atoms with Gasteiger partial charge in [0.1, 0.15) is 11.9 Å². The maximum atomic E-state index is 11.3. The highest BCUT2D eigenvalue weighted by atomic mass is 16.5. The molecule has 84 valence electrons. The van der Waals surface area contributed by atoms with E-state index in [9.17, 15) is 4.79 Å². The molecule has 2 atom stereocenters. The van der Waals surface area contributed by atoms with Gasteiger partial charge in [-0.3, -0.25) is 4.79 Å². The van der Waals surface area contributed by atoms with Crippen molar-refractivity contribution in [3.05, 3.63) is 29.3 Å². The van der Waals surface area contributed by atoms with Gasteiger partial charge in [0.15, 0.2) is 0 Å². The van der Waals surface area contributed by atoms with Crippen molar-refractivity contribution in [2.45, 2.75) is 31.3 Å². The summed E-state index contributed by atoms with van der Waals surface area (Å²) >= 11 is 0. The van der Waals surface area contributed by atoms with Crippen LogP contribution in [0.3, 0.4) is 0 Å². The van der Waals surface area contributed by atoms with Crippen LogP contribution in [-0.2, 0) is 16.0 Å². The van der Waals surface area contributed by atoms with Crippen LogP contribution in [0.5, 0.6) is 5.75 Å². The average Bonchev–Trinajstić information content (AvgIpc) is 2.69.